The summed E-state index contributed by atoms with van der Waals surface area (Å²) in [5.74, 6) is 0.791. The number of hydrogen-bond acceptors (Lipinski definition) is 5. The summed E-state index contributed by atoms with van der Waals surface area (Å²) in [4.78, 5) is 12.9. The molecule has 0 atom stereocenters. The molecular weight excluding hydrogens is 364 g/mol. The number of ether oxygens (including phenoxy) is 2. The fraction of sp³-hybridized carbons (Fsp3) is 0.562. The Hall–Kier alpha value is -1.31. The summed E-state index contributed by atoms with van der Waals surface area (Å²) in [7, 11) is 0. The quantitative estimate of drug-likeness (QED) is 0.750. The van der Waals surface area contributed by atoms with E-state index in [1.165, 1.54) is 0 Å². The van der Waals surface area contributed by atoms with Gasteiger partial charge in [0.05, 0.1) is 11.0 Å². The second-order valence-electron chi connectivity index (χ2n) is 5.97. The molecule has 1 aliphatic carbocycles. The Labute approximate surface area is 143 Å². The molecule has 0 saturated heterocycles. The molecule has 1 aromatic rings. The number of nitrogens with one attached hydrogen (secondary N) is 1. The van der Waals surface area contributed by atoms with Crippen molar-refractivity contribution in [2.75, 3.05) is 19.9 Å². The van der Waals surface area contributed by atoms with Crippen LogP contribution in [-0.4, -0.2) is 47.9 Å². The summed E-state index contributed by atoms with van der Waals surface area (Å²) in [6.45, 7) is 3.94. The van der Waals surface area contributed by atoms with Crippen molar-refractivity contribution >= 4 is 21.9 Å². The Morgan fingerprint density at radius 3 is 2.91 bits per heavy atom. The van der Waals surface area contributed by atoms with Gasteiger partial charge in [-0.1, -0.05) is 6.92 Å². The van der Waals surface area contributed by atoms with E-state index in [9.17, 15) is 4.79 Å². The summed E-state index contributed by atoms with van der Waals surface area (Å²) in [5.41, 5.74) is 1.14. The number of halogens is 1. The maximum Gasteiger partial charge on any atom is 0.317 e. The van der Waals surface area contributed by atoms with Crippen molar-refractivity contribution in [1.82, 2.24) is 10.2 Å². The van der Waals surface area contributed by atoms with E-state index in [1.807, 2.05) is 24.0 Å². The van der Waals surface area contributed by atoms with Crippen molar-refractivity contribution in [1.29, 1.82) is 0 Å². The van der Waals surface area contributed by atoms with Crippen molar-refractivity contribution in [3.63, 3.8) is 0 Å². The first-order valence-corrected chi connectivity index (χ1v) is 8.63. The number of carboxylic acids is 1. The number of fused-ring (bicyclic) bond motifs is 1. The molecule has 6 nitrogen and oxygen atoms in total. The van der Waals surface area contributed by atoms with E-state index >= 15 is 0 Å². The number of carbonyl (C=O) groups is 1. The van der Waals surface area contributed by atoms with Crippen LogP contribution in [0.15, 0.2) is 16.6 Å². The largest absolute Gasteiger partial charge is 0.480 e. The molecule has 0 radical (unpaired) electrons. The average Bonchev–Trinajstić information content (AvgIpc) is 2.92. The molecule has 1 fully saturated rings. The maximum atomic E-state index is 10.8. The first-order valence-electron chi connectivity index (χ1n) is 7.84. The van der Waals surface area contributed by atoms with Gasteiger partial charge in [-0.15, -0.1) is 0 Å². The highest BCUT2D eigenvalue weighted by molar-refractivity contribution is 9.10. The molecule has 0 aromatic heterocycles. The summed E-state index contributed by atoms with van der Waals surface area (Å²) in [5, 5.41) is 12.4. The van der Waals surface area contributed by atoms with Gasteiger partial charge in [-0.05, 0) is 53.0 Å². The Kier molecular flexibility index (Phi) is 5.08. The molecule has 2 N–H and O–H groups in total. The number of aliphatic carboxylic acids is 1. The van der Waals surface area contributed by atoms with Crippen LogP contribution in [0.5, 0.6) is 11.5 Å². The SMILES string of the molecule is CCN(CC(=O)O)C1CC(NCc2cc(Br)c3c(c2)OCO3)C1. The molecule has 1 heterocycles. The second kappa shape index (κ2) is 7.07. The number of benzene rings is 1. The topological polar surface area (TPSA) is 71.0 Å². The van der Waals surface area contributed by atoms with Crippen LogP contribution in [0.1, 0.15) is 25.3 Å². The van der Waals surface area contributed by atoms with Crippen molar-refractivity contribution < 1.29 is 19.4 Å². The zero-order valence-electron chi connectivity index (χ0n) is 13.0. The van der Waals surface area contributed by atoms with Gasteiger partial charge in [0.25, 0.3) is 0 Å². The molecule has 0 unspecified atom stereocenters. The second-order valence-corrected chi connectivity index (χ2v) is 6.83. The van der Waals surface area contributed by atoms with Crippen LogP contribution in [0.25, 0.3) is 0 Å². The van der Waals surface area contributed by atoms with Crippen LogP contribution in [0.4, 0.5) is 0 Å². The zero-order chi connectivity index (χ0) is 16.4. The van der Waals surface area contributed by atoms with Gasteiger partial charge in [0.15, 0.2) is 11.5 Å². The highest BCUT2D eigenvalue weighted by atomic mass is 79.9. The Morgan fingerprint density at radius 2 is 2.22 bits per heavy atom. The molecule has 1 aliphatic heterocycles. The minimum Gasteiger partial charge on any atom is -0.480 e. The number of carboxylic acid groups (broad SMARTS) is 1. The minimum absolute atomic E-state index is 0.128. The monoisotopic (exact) mass is 384 g/mol. The first kappa shape index (κ1) is 16.5. The molecule has 0 spiro atoms. The minimum atomic E-state index is -0.756. The molecule has 0 bridgehead atoms. The van der Waals surface area contributed by atoms with Crippen LogP contribution < -0.4 is 14.8 Å². The normalized spacial score (nSPS) is 22.2. The van der Waals surface area contributed by atoms with Gasteiger partial charge in [-0.25, -0.2) is 0 Å². The fourth-order valence-corrected chi connectivity index (χ4v) is 3.71. The van der Waals surface area contributed by atoms with E-state index in [2.05, 4.69) is 21.2 Å². The van der Waals surface area contributed by atoms with Crippen molar-refractivity contribution in [2.24, 2.45) is 0 Å². The van der Waals surface area contributed by atoms with Gasteiger partial charge < -0.3 is 19.9 Å². The molecule has 23 heavy (non-hydrogen) atoms. The number of hydrogen-bond donors (Lipinski definition) is 2. The van der Waals surface area contributed by atoms with E-state index in [1.54, 1.807) is 0 Å². The molecule has 3 rings (SSSR count). The molecule has 126 valence electrons. The summed E-state index contributed by atoms with van der Waals surface area (Å²) in [6, 6.07) is 4.85. The fourth-order valence-electron chi connectivity index (χ4n) is 3.11. The van der Waals surface area contributed by atoms with Gasteiger partial charge >= 0.3 is 5.97 Å². The third-order valence-corrected chi connectivity index (χ3v) is 5.05. The lowest BCUT2D eigenvalue weighted by Crippen LogP contribution is -2.53. The molecule has 1 saturated carbocycles. The van der Waals surface area contributed by atoms with Crippen LogP contribution >= 0.6 is 15.9 Å². The molecule has 2 aliphatic rings. The van der Waals surface area contributed by atoms with Gasteiger partial charge in [0.2, 0.25) is 6.79 Å². The van der Waals surface area contributed by atoms with E-state index in [4.69, 9.17) is 14.6 Å². The summed E-state index contributed by atoms with van der Waals surface area (Å²) in [6.07, 6.45) is 1.99. The van der Waals surface area contributed by atoms with Crippen LogP contribution in [0, 0.1) is 0 Å². The van der Waals surface area contributed by atoms with Crippen LogP contribution in [-0.2, 0) is 11.3 Å². The zero-order valence-corrected chi connectivity index (χ0v) is 14.6. The highest BCUT2D eigenvalue weighted by Gasteiger charge is 2.33. The lowest BCUT2D eigenvalue weighted by Gasteiger charge is -2.42. The standard InChI is InChI=1S/C16H21BrN2O4/c1-2-19(8-15(20)21)12-5-11(6-12)18-7-10-3-13(17)16-14(4-10)22-9-23-16/h3-4,11-12,18H,2,5-9H2,1H3,(H,20,21). The molecule has 7 heteroatoms. The van der Waals surface area contributed by atoms with Crippen molar-refractivity contribution in [3.8, 4) is 11.5 Å². The van der Waals surface area contributed by atoms with Crippen LogP contribution in [0.3, 0.4) is 0 Å². The van der Waals surface area contributed by atoms with E-state index in [-0.39, 0.29) is 13.3 Å². The summed E-state index contributed by atoms with van der Waals surface area (Å²) >= 11 is 3.50. The predicted molar refractivity (Wildman–Crippen MR) is 88.8 cm³/mol. The lowest BCUT2D eigenvalue weighted by molar-refractivity contribution is -0.139. The summed E-state index contributed by atoms with van der Waals surface area (Å²) < 4.78 is 11.7. The number of rotatable bonds is 7. The van der Waals surface area contributed by atoms with E-state index in [0.717, 1.165) is 47.5 Å². The average molecular weight is 385 g/mol. The molecule has 0 amide bonds. The van der Waals surface area contributed by atoms with Gasteiger partial charge in [-0.3, -0.25) is 9.69 Å². The predicted octanol–water partition coefficient (Wildman–Crippen LogP) is 2.20. The van der Waals surface area contributed by atoms with Gasteiger partial charge in [-0.2, -0.15) is 0 Å². The van der Waals surface area contributed by atoms with Crippen molar-refractivity contribution in [2.45, 2.75) is 38.4 Å². The molecular formula is C16H21BrN2O4. The van der Waals surface area contributed by atoms with E-state index in [0.29, 0.717) is 12.1 Å². The Bertz CT molecular complexity index is 590. The third-order valence-electron chi connectivity index (χ3n) is 4.46. The Balaban J connectivity index is 1.48. The first-order chi connectivity index (χ1) is 11.1. The van der Waals surface area contributed by atoms with Crippen molar-refractivity contribution in [3.05, 3.63) is 22.2 Å². The Morgan fingerprint density at radius 1 is 1.43 bits per heavy atom. The van der Waals surface area contributed by atoms with Gasteiger partial charge in [0.1, 0.15) is 0 Å². The van der Waals surface area contributed by atoms with Crippen LogP contribution in [0.2, 0.25) is 0 Å². The third kappa shape index (κ3) is 3.79. The smallest absolute Gasteiger partial charge is 0.317 e. The van der Waals surface area contributed by atoms with E-state index < -0.39 is 5.97 Å². The maximum absolute atomic E-state index is 10.8. The van der Waals surface area contributed by atoms with Gasteiger partial charge in [0, 0.05) is 18.6 Å². The molecule has 1 aromatic carbocycles. The number of likely N-dealkylation sites (N-methyl/N-ethyl adjacent to an activating group) is 1. The lowest BCUT2D eigenvalue weighted by atomic mass is 9.85. The highest BCUT2D eigenvalue weighted by Crippen LogP contribution is 2.40. The number of nitrogens with zero attached hydrogens (tertiary/aromatic N) is 1.